The van der Waals surface area contributed by atoms with Gasteiger partial charge in [0.2, 0.25) is 0 Å². The van der Waals surface area contributed by atoms with Crippen LogP contribution in [0, 0.1) is 0 Å². The van der Waals surface area contributed by atoms with Crippen LogP contribution in [0.4, 0.5) is 0 Å². The highest BCUT2D eigenvalue weighted by Crippen LogP contribution is 2.16. The number of hydrogen-bond acceptors (Lipinski definition) is 2. The Balaban J connectivity index is 0.000000924. The molecule has 1 heterocycles. The molecule has 0 radical (unpaired) electrons. The van der Waals surface area contributed by atoms with Gasteiger partial charge >= 0.3 is 0 Å². The minimum atomic E-state index is 0.267. The van der Waals surface area contributed by atoms with Crippen molar-refractivity contribution >= 4 is 11.6 Å². The molecule has 0 spiro atoms. The Hall–Kier alpha value is -1.35. The van der Waals surface area contributed by atoms with Crippen LogP contribution in [0.2, 0.25) is 5.02 Å². The van der Waals surface area contributed by atoms with Gasteiger partial charge in [-0.05, 0) is 29.7 Å². The highest BCUT2D eigenvalue weighted by molar-refractivity contribution is 6.30. The predicted octanol–water partition coefficient (Wildman–Crippen LogP) is 4.81. The fourth-order valence-electron chi connectivity index (χ4n) is 2.77. The molecular formula is C20H26ClNO. The number of hydrogen-bond donors (Lipinski definition) is 0. The number of halogens is 1. The Morgan fingerprint density at radius 2 is 1.70 bits per heavy atom. The van der Waals surface area contributed by atoms with Crippen LogP contribution < -0.4 is 0 Å². The summed E-state index contributed by atoms with van der Waals surface area (Å²) in [6.45, 7) is 7.80. The second-order valence-electron chi connectivity index (χ2n) is 5.54. The molecule has 3 rings (SSSR count). The van der Waals surface area contributed by atoms with Crippen LogP contribution in [0.25, 0.3) is 0 Å². The van der Waals surface area contributed by atoms with E-state index in [4.69, 9.17) is 16.3 Å². The van der Waals surface area contributed by atoms with Gasteiger partial charge in [-0.25, -0.2) is 0 Å². The van der Waals surface area contributed by atoms with E-state index in [1.54, 1.807) is 0 Å². The molecule has 1 atom stereocenters. The molecule has 124 valence electrons. The number of nitrogens with zero attached hydrogens (tertiary/aromatic N) is 1. The van der Waals surface area contributed by atoms with E-state index < -0.39 is 0 Å². The van der Waals surface area contributed by atoms with Gasteiger partial charge in [-0.15, -0.1) is 0 Å². The van der Waals surface area contributed by atoms with E-state index in [2.05, 4.69) is 47.4 Å². The third-order valence-electron chi connectivity index (χ3n) is 3.85. The molecule has 0 aliphatic carbocycles. The topological polar surface area (TPSA) is 12.5 Å². The molecule has 0 aromatic heterocycles. The average Bonchev–Trinajstić information content (AvgIpc) is 2.60. The lowest BCUT2D eigenvalue weighted by Crippen LogP contribution is -2.42. The second kappa shape index (κ2) is 9.71. The van der Waals surface area contributed by atoms with Crippen LogP contribution in [0.1, 0.15) is 25.0 Å². The first-order chi connectivity index (χ1) is 11.3. The van der Waals surface area contributed by atoms with Crippen LogP contribution in [0.3, 0.4) is 0 Å². The van der Waals surface area contributed by atoms with Crippen LogP contribution >= 0.6 is 11.6 Å². The van der Waals surface area contributed by atoms with Crippen LogP contribution in [0.15, 0.2) is 54.6 Å². The summed E-state index contributed by atoms with van der Waals surface area (Å²) in [5.41, 5.74) is 2.65. The molecule has 2 aromatic rings. The van der Waals surface area contributed by atoms with E-state index >= 15 is 0 Å². The highest BCUT2D eigenvalue weighted by atomic mass is 35.5. The summed E-state index contributed by atoms with van der Waals surface area (Å²) in [6.07, 6.45) is 1.21. The SMILES string of the molecule is CC.Clc1ccc(CC2CN(Cc3ccccc3)CCO2)cc1. The first-order valence-corrected chi connectivity index (χ1v) is 8.80. The molecule has 23 heavy (non-hydrogen) atoms. The van der Waals surface area contributed by atoms with E-state index in [-0.39, 0.29) is 6.10 Å². The summed E-state index contributed by atoms with van der Waals surface area (Å²) in [5.74, 6) is 0. The lowest BCUT2D eigenvalue weighted by molar-refractivity contribution is -0.0304. The number of morpholine rings is 1. The van der Waals surface area contributed by atoms with E-state index in [1.165, 1.54) is 11.1 Å². The first-order valence-electron chi connectivity index (χ1n) is 8.42. The Kier molecular flexibility index (Phi) is 7.60. The van der Waals surface area contributed by atoms with Gasteiger partial charge in [-0.2, -0.15) is 0 Å². The fraction of sp³-hybridized carbons (Fsp3) is 0.400. The van der Waals surface area contributed by atoms with Crippen molar-refractivity contribution in [2.45, 2.75) is 32.9 Å². The molecule has 1 saturated heterocycles. The molecule has 0 bridgehead atoms. The third kappa shape index (κ3) is 5.98. The standard InChI is InChI=1S/C18H20ClNO.C2H6/c19-17-8-6-15(7-9-17)12-18-14-20(10-11-21-18)13-16-4-2-1-3-5-16;1-2/h1-9,18H,10-14H2;1-2H3. The zero-order valence-corrected chi connectivity index (χ0v) is 14.8. The Labute approximate surface area is 145 Å². The van der Waals surface area contributed by atoms with Crippen molar-refractivity contribution in [3.05, 3.63) is 70.7 Å². The largest absolute Gasteiger partial charge is 0.375 e. The lowest BCUT2D eigenvalue weighted by Gasteiger charge is -2.33. The van der Waals surface area contributed by atoms with Crippen LogP contribution in [-0.4, -0.2) is 30.7 Å². The van der Waals surface area contributed by atoms with Crippen LogP contribution in [0.5, 0.6) is 0 Å². The van der Waals surface area contributed by atoms with Crippen molar-refractivity contribution in [3.8, 4) is 0 Å². The Morgan fingerprint density at radius 3 is 2.39 bits per heavy atom. The predicted molar refractivity (Wildman–Crippen MR) is 98.0 cm³/mol. The van der Waals surface area contributed by atoms with Gasteiger partial charge in [0.1, 0.15) is 0 Å². The molecule has 0 amide bonds. The molecule has 0 N–H and O–H groups in total. The second-order valence-corrected chi connectivity index (χ2v) is 5.98. The van der Waals surface area contributed by atoms with Crippen molar-refractivity contribution in [2.24, 2.45) is 0 Å². The summed E-state index contributed by atoms with van der Waals surface area (Å²) in [6, 6.07) is 18.7. The van der Waals surface area contributed by atoms with Crippen molar-refractivity contribution in [1.29, 1.82) is 0 Å². The van der Waals surface area contributed by atoms with Gasteiger partial charge in [0.25, 0.3) is 0 Å². The van der Waals surface area contributed by atoms with Crippen molar-refractivity contribution in [1.82, 2.24) is 4.90 Å². The zero-order valence-electron chi connectivity index (χ0n) is 14.0. The summed E-state index contributed by atoms with van der Waals surface area (Å²) in [7, 11) is 0. The molecule has 3 heteroatoms. The third-order valence-corrected chi connectivity index (χ3v) is 4.10. The van der Waals surface area contributed by atoms with E-state index in [0.29, 0.717) is 0 Å². The normalized spacial score (nSPS) is 18.1. The average molecular weight is 332 g/mol. The van der Waals surface area contributed by atoms with E-state index in [1.807, 2.05) is 26.0 Å². The molecule has 1 fully saturated rings. The molecule has 1 unspecified atom stereocenters. The van der Waals surface area contributed by atoms with Crippen molar-refractivity contribution < 1.29 is 4.74 Å². The molecule has 1 aliphatic rings. The molecule has 0 saturated carbocycles. The number of benzene rings is 2. The fourth-order valence-corrected chi connectivity index (χ4v) is 2.90. The first kappa shape index (κ1) is 18.0. The Morgan fingerprint density at radius 1 is 1.00 bits per heavy atom. The Bertz CT molecular complexity index is 556. The van der Waals surface area contributed by atoms with Gasteiger partial charge in [-0.1, -0.05) is 67.9 Å². The molecular weight excluding hydrogens is 306 g/mol. The highest BCUT2D eigenvalue weighted by Gasteiger charge is 2.20. The van der Waals surface area contributed by atoms with Gasteiger partial charge in [-0.3, -0.25) is 4.90 Å². The summed E-state index contributed by atoms with van der Waals surface area (Å²) < 4.78 is 5.91. The molecule has 2 aromatic carbocycles. The minimum Gasteiger partial charge on any atom is -0.375 e. The number of ether oxygens (including phenoxy) is 1. The van der Waals surface area contributed by atoms with Crippen molar-refractivity contribution in [3.63, 3.8) is 0 Å². The quantitative estimate of drug-likeness (QED) is 0.797. The number of rotatable bonds is 4. The summed E-state index contributed by atoms with van der Waals surface area (Å²) in [4.78, 5) is 2.47. The van der Waals surface area contributed by atoms with Crippen LogP contribution in [-0.2, 0) is 17.7 Å². The van der Waals surface area contributed by atoms with Crippen molar-refractivity contribution in [2.75, 3.05) is 19.7 Å². The molecule has 1 aliphatic heterocycles. The summed E-state index contributed by atoms with van der Waals surface area (Å²) in [5, 5.41) is 0.786. The van der Waals surface area contributed by atoms with Gasteiger partial charge in [0.15, 0.2) is 0 Å². The van der Waals surface area contributed by atoms with Gasteiger partial charge in [0, 0.05) is 24.7 Å². The summed E-state index contributed by atoms with van der Waals surface area (Å²) >= 11 is 5.93. The van der Waals surface area contributed by atoms with E-state index in [9.17, 15) is 0 Å². The lowest BCUT2D eigenvalue weighted by atomic mass is 10.1. The maximum absolute atomic E-state index is 5.93. The van der Waals surface area contributed by atoms with E-state index in [0.717, 1.165) is 37.7 Å². The maximum Gasteiger partial charge on any atom is 0.0743 e. The minimum absolute atomic E-state index is 0.267. The zero-order chi connectivity index (χ0) is 16.5. The monoisotopic (exact) mass is 331 g/mol. The van der Waals surface area contributed by atoms with Gasteiger partial charge in [0.05, 0.1) is 12.7 Å². The smallest absolute Gasteiger partial charge is 0.0743 e. The maximum atomic E-state index is 5.93. The van der Waals surface area contributed by atoms with Gasteiger partial charge < -0.3 is 4.74 Å². The molecule has 2 nitrogen and oxygen atoms in total.